The molecule has 1 heterocycles. The molecule has 0 saturated carbocycles. The molecule has 0 aliphatic heterocycles. The number of fused-ring (bicyclic) bond motifs is 1. The third kappa shape index (κ3) is 3.54. The van der Waals surface area contributed by atoms with Gasteiger partial charge in [0.2, 0.25) is 0 Å². The average molecular weight is 355 g/mol. The highest BCUT2D eigenvalue weighted by Gasteiger charge is 2.18. The Bertz CT molecular complexity index is 945. The maximum absolute atomic E-state index is 13.6. The molecule has 0 aliphatic carbocycles. The van der Waals surface area contributed by atoms with Crippen LogP contribution < -0.4 is 0 Å². The molecule has 0 atom stereocenters. The van der Waals surface area contributed by atoms with E-state index in [-0.39, 0.29) is 23.0 Å². The fourth-order valence-corrected chi connectivity index (χ4v) is 3.17. The van der Waals surface area contributed by atoms with Crippen molar-refractivity contribution < 1.29 is 14.3 Å². The second-order valence-electron chi connectivity index (χ2n) is 6.63. The number of aryl methyl sites for hydroxylation is 1. The summed E-state index contributed by atoms with van der Waals surface area (Å²) in [5, 5.41) is 18.1. The minimum Gasteiger partial charge on any atom is -0.507 e. The predicted octanol–water partition coefficient (Wildman–Crippen LogP) is 3.79. The highest BCUT2D eigenvalue weighted by Crippen LogP contribution is 2.28. The summed E-state index contributed by atoms with van der Waals surface area (Å²) < 4.78 is 13.6. The van der Waals surface area contributed by atoms with E-state index in [2.05, 4.69) is 10.2 Å². The number of benzene rings is 2. The number of phenols is 1. The maximum Gasteiger partial charge on any atom is 0.257 e. The van der Waals surface area contributed by atoms with Gasteiger partial charge in [0.1, 0.15) is 11.6 Å². The van der Waals surface area contributed by atoms with Gasteiger partial charge in [-0.05, 0) is 42.7 Å². The number of aromatic amines is 1. The molecule has 26 heavy (non-hydrogen) atoms. The van der Waals surface area contributed by atoms with Crippen LogP contribution in [-0.4, -0.2) is 39.7 Å². The van der Waals surface area contributed by atoms with Crippen LogP contribution >= 0.6 is 0 Å². The molecule has 2 aromatic carbocycles. The number of rotatable bonds is 5. The Hall–Kier alpha value is -2.89. The van der Waals surface area contributed by atoms with Gasteiger partial charge in [0, 0.05) is 37.2 Å². The van der Waals surface area contributed by atoms with E-state index in [1.165, 1.54) is 18.2 Å². The molecule has 0 radical (unpaired) electrons. The van der Waals surface area contributed by atoms with Crippen molar-refractivity contribution in [2.75, 3.05) is 13.6 Å². The first-order valence-corrected chi connectivity index (χ1v) is 8.60. The highest BCUT2D eigenvalue weighted by atomic mass is 19.1. The topological polar surface area (TPSA) is 69.2 Å². The summed E-state index contributed by atoms with van der Waals surface area (Å²) in [7, 11) is 1.71. The molecular weight excluding hydrogens is 333 g/mol. The number of H-pyrrole nitrogens is 1. The number of carbonyl (C=O) groups excluding carboxylic acids is 1. The van der Waals surface area contributed by atoms with Crippen molar-refractivity contribution in [3.05, 3.63) is 58.5 Å². The molecule has 0 aliphatic rings. The van der Waals surface area contributed by atoms with Gasteiger partial charge in [-0.25, -0.2) is 4.39 Å². The minimum absolute atomic E-state index is 0.0925. The SMILES string of the molecule is CCCN(C)C(=O)c1cc2c(Cc3cc(C)cc(F)c3)[nH]nc2cc1O. The Balaban J connectivity index is 2.00. The van der Waals surface area contributed by atoms with Crippen molar-refractivity contribution >= 4 is 16.8 Å². The summed E-state index contributed by atoms with van der Waals surface area (Å²) in [5.41, 5.74) is 3.25. The minimum atomic E-state index is -0.279. The summed E-state index contributed by atoms with van der Waals surface area (Å²) in [4.78, 5) is 14.1. The van der Waals surface area contributed by atoms with E-state index in [9.17, 15) is 14.3 Å². The standard InChI is InChI=1S/C20H22FN3O2/c1-4-5-24(3)20(26)16-10-15-17(22-23-18(15)11-19(16)25)9-13-6-12(2)7-14(21)8-13/h6-8,10-11,25H,4-5,9H2,1-3H3,(H,22,23). The van der Waals surface area contributed by atoms with Crippen molar-refractivity contribution in [2.24, 2.45) is 0 Å². The molecule has 1 amide bonds. The van der Waals surface area contributed by atoms with Crippen LogP contribution in [0.5, 0.6) is 5.75 Å². The number of halogens is 1. The largest absolute Gasteiger partial charge is 0.507 e. The van der Waals surface area contributed by atoms with Crippen LogP contribution in [0.2, 0.25) is 0 Å². The van der Waals surface area contributed by atoms with Gasteiger partial charge < -0.3 is 10.0 Å². The first-order chi connectivity index (χ1) is 12.4. The molecule has 0 bridgehead atoms. The molecule has 0 fully saturated rings. The van der Waals surface area contributed by atoms with Crippen LogP contribution in [0, 0.1) is 12.7 Å². The van der Waals surface area contributed by atoms with E-state index < -0.39 is 0 Å². The summed E-state index contributed by atoms with van der Waals surface area (Å²) in [6, 6.07) is 8.02. The third-order valence-corrected chi connectivity index (χ3v) is 4.37. The molecule has 5 nitrogen and oxygen atoms in total. The number of carbonyl (C=O) groups is 1. The quantitative estimate of drug-likeness (QED) is 0.732. The Labute approximate surface area is 151 Å². The highest BCUT2D eigenvalue weighted by molar-refractivity contribution is 6.01. The first kappa shape index (κ1) is 17.9. The van der Waals surface area contributed by atoms with E-state index >= 15 is 0 Å². The fraction of sp³-hybridized carbons (Fsp3) is 0.300. The number of aromatic hydroxyl groups is 1. The summed E-state index contributed by atoms with van der Waals surface area (Å²) in [6.07, 6.45) is 1.29. The van der Waals surface area contributed by atoms with Gasteiger partial charge in [0.15, 0.2) is 0 Å². The molecule has 2 N–H and O–H groups in total. The number of amides is 1. The second-order valence-corrected chi connectivity index (χ2v) is 6.63. The molecular formula is C20H22FN3O2. The lowest BCUT2D eigenvalue weighted by atomic mass is 10.0. The van der Waals surface area contributed by atoms with E-state index in [1.807, 2.05) is 19.9 Å². The molecule has 1 aromatic heterocycles. The number of aromatic nitrogens is 2. The molecule has 0 saturated heterocycles. The average Bonchev–Trinajstić information content (AvgIpc) is 2.94. The maximum atomic E-state index is 13.6. The van der Waals surface area contributed by atoms with Crippen LogP contribution in [0.3, 0.4) is 0 Å². The fourth-order valence-electron chi connectivity index (χ4n) is 3.17. The molecule has 6 heteroatoms. The van der Waals surface area contributed by atoms with Gasteiger partial charge in [0.05, 0.1) is 11.1 Å². The normalized spacial score (nSPS) is 11.1. The Kier molecular flexibility index (Phi) is 4.93. The summed E-state index contributed by atoms with van der Waals surface area (Å²) >= 11 is 0. The van der Waals surface area contributed by atoms with Crippen LogP contribution in [0.25, 0.3) is 10.9 Å². The van der Waals surface area contributed by atoms with Crippen LogP contribution in [0.4, 0.5) is 4.39 Å². The smallest absolute Gasteiger partial charge is 0.257 e. The van der Waals surface area contributed by atoms with Gasteiger partial charge >= 0.3 is 0 Å². The lowest BCUT2D eigenvalue weighted by molar-refractivity contribution is 0.0792. The van der Waals surface area contributed by atoms with Crippen molar-refractivity contribution in [2.45, 2.75) is 26.7 Å². The van der Waals surface area contributed by atoms with Crippen LogP contribution in [-0.2, 0) is 6.42 Å². The van der Waals surface area contributed by atoms with Crippen molar-refractivity contribution in [1.82, 2.24) is 15.1 Å². The number of nitrogens with one attached hydrogen (secondary N) is 1. The number of hydrogen-bond donors (Lipinski definition) is 2. The van der Waals surface area contributed by atoms with E-state index in [1.54, 1.807) is 18.0 Å². The monoisotopic (exact) mass is 355 g/mol. The zero-order chi connectivity index (χ0) is 18.8. The van der Waals surface area contributed by atoms with Gasteiger partial charge in [-0.15, -0.1) is 0 Å². The summed E-state index contributed by atoms with van der Waals surface area (Å²) in [5.74, 6) is -0.608. The Morgan fingerprint density at radius 1 is 1.27 bits per heavy atom. The molecule has 136 valence electrons. The van der Waals surface area contributed by atoms with Crippen molar-refractivity contribution in [3.8, 4) is 5.75 Å². The lowest BCUT2D eigenvalue weighted by Crippen LogP contribution is -2.27. The van der Waals surface area contributed by atoms with Crippen molar-refractivity contribution in [1.29, 1.82) is 0 Å². The third-order valence-electron chi connectivity index (χ3n) is 4.37. The van der Waals surface area contributed by atoms with E-state index in [0.29, 0.717) is 18.5 Å². The van der Waals surface area contributed by atoms with E-state index in [4.69, 9.17) is 0 Å². The Morgan fingerprint density at radius 2 is 2.04 bits per heavy atom. The van der Waals surface area contributed by atoms with Crippen LogP contribution in [0.15, 0.2) is 30.3 Å². The van der Waals surface area contributed by atoms with Gasteiger partial charge in [0.25, 0.3) is 5.91 Å². The van der Waals surface area contributed by atoms with Gasteiger partial charge in [-0.3, -0.25) is 9.89 Å². The van der Waals surface area contributed by atoms with Crippen molar-refractivity contribution in [3.63, 3.8) is 0 Å². The van der Waals surface area contributed by atoms with Crippen LogP contribution in [0.1, 0.15) is 40.5 Å². The number of nitrogens with zero attached hydrogens (tertiary/aromatic N) is 2. The Morgan fingerprint density at radius 3 is 2.73 bits per heavy atom. The zero-order valence-electron chi connectivity index (χ0n) is 15.1. The summed E-state index contributed by atoms with van der Waals surface area (Å²) in [6.45, 7) is 4.44. The molecule has 0 unspecified atom stereocenters. The van der Waals surface area contributed by atoms with E-state index in [0.717, 1.165) is 28.6 Å². The molecule has 3 aromatic rings. The zero-order valence-corrected chi connectivity index (χ0v) is 15.1. The number of phenolic OH excluding ortho intramolecular Hbond substituents is 1. The van der Waals surface area contributed by atoms with Gasteiger partial charge in [-0.2, -0.15) is 5.10 Å². The molecule has 3 rings (SSSR count). The lowest BCUT2D eigenvalue weighted by Gasteiger charge is -2.16. The first-order valence-electron chi connectivity index (χ1n) is 8.60. The number of hydrogen-bond acceptors (Lipinski definition) is 3. The van der Waals surface area contributed by atoms with Gasteiger partial charge in [-0.1, -0.05) is 13.0 Å². The predicted molar refractivity (Wildman–Crippen MR) is 99.0 cm³/mol. The molecule has 0 spiro atoms. The second kappa shape index (κ2) is 7.15.